The van der Waals surface area contributed by atoms with Crippen molar-refractivity contribution in [1.29, 1.82) is 0 Å². The van der Waals surface area contributed by atoms with Crippen LogP contribution in [0.25, 0.3) is 0 Å². The molecule has 118 valence electrons. The lowest BCUT2D eigenvalue weighted by atomic mass is 9.82. The van der Waals surface area contributed by atoms with Crippen LogP contribution in [-0.4, -0.2) is 35.2 Å². The minimum Gasteiger partial charge on any atom is -0.481 e. The average molecular weight is 288 g/mol. The Kier molecular flexibility index (Phi) is 11.0. The van der Waals surface area contributed by atoms with Crippen molar-refractivity contribution < 1.29 is 19.8 Å². The monoisotopic (exact) mass is 288 g/mol. The summed E-state index contributed by atoms with van der Waals surface area (Å²) < 4.78 is 0. The Morgan fingerprint density at radius 2 is 1.55 bits per heavy atom. The molecule has 1 aliphatic carbocycles. The fourth-order valence-corrected chi connectivity index (χ4v) is 2.24. The van der Waals surface area contributed by atoms with Gasteiger partial charge in [0, 0.05) is 6.42 Å². The number of carboxylic acids is 2. The van der Waals surface area contributed by atoms with Gasteiger partial charge >= 0.3 is 11.9 Å². The quantitative estimate of drug-likeness (QED) is 0.525. The molecule has 0 amide bonds. The van der Waals surface area contributed by atoms with Gasteiger partial charge in [-0.3, -0.25) is 9.59 Å². The Morgan fingerprint density at radius 3 is 1.95 bits per heavy atom. The van der Waals surface area contributed by atoms with Gasteiger partial charge < -0.3 is 21.7 Å². The first-order valence-electron chi connectivity index (χ1n) is 7.36. The molecule has 20 heavy (non-hydrogen) atoms. The van der Waals surface area contributed by atoms with Crippen molar-refractivity contribution in [3.8, 4) is 0 Å². The van der Waals surface area contributed by atoms with Crippen LogP contribution in [0.5, 0.6) is 0 Å². The largest absolute Gasteiger partial charge is 0.481 e. The van der Waals surface area contributed by atoms with Crippen molar-refractivity contribution in [2.45, 2.75) is 51.4 Å². The third-order valence-electron chi connectivity index (χ3n) is 3.62. The molecule has 6 heteroatoms. The van der Waals surface area contributed by atoms with E-state index in [2.05, 4.69) is 0 Å². The molecule has 1 rings (SSSR count). The molecule has 0 aromatic rings. The van der Waals surface area contributed by atoms with E-state index in [1.807, 2.05) is 0 Å². The van der Waals surface area contributed by atoms with Crippen molar-refractivity contribution in [3.63, 3.8) is 0 Å². The third kappa shape index (κ3) is 9.75. The summed E-state index contributed by atoms with van der Waals surface area (Å²) in [7, 11) is 0. The van der Waals surface area contributed by atoms with Gasteiger partial charge in [-0.15, -0.1) is 0 Å². The number of carboxylic acid groups (broad SMARTS) is 2. The highest BCUT2D eigenvalue weighted by Crippen LogP contribution is 2.27. The highest BCUT2D eigenvalue weighted by molar-refractivity contribution is 5.70. The lowest BCUT2D eigenvalue weighted by Gasteiger charge is -2.24. The first-order chi connectivity index (χ1) is 9.51. The fraction of sp³-hybridized carbons (Fsp3) is 0.857. The van der Waals surface area contributed by atoms with Crippen LogP contribution in [0.3, 0.4) is 0 Å². The predicted molar refractivity (Wildman–Crippen MR) is 77.3 cm³/mol. The fourth-order valence-electron chi connectivity index (χ4n) is 2.24. The molecule has 0 spiro atoms. The normalized spacial score (nSPS) is 21.7. The second-order valence-corrected chi connectivity index (χ2v) is 5.28. The summed E-state index contributed by atoms with van der Waals surface area (Å²) >= 11 is 0. The first kappa shape index (κ1) is 18.9. The van der Waals surface area contributed by atoms with Gasteiger partial charge in [0.05, 0.1) is 5.92 Å². The molecule has 1 fully saturated rings. The van der Waals surface area contributed by atoms with E-state index in [0.29, 0.717) is 19.0 Å². The maximum absolute atomic E-state index is 10.5. The molecular weight excluding hydrogens is 260 g/mol. The van der Waals surface area contributed by atoms with Gasteiger partial charge in [-0.1, -0.05) is 6.42 Å². The molecule has 0 unspecified atom stereocenters. The van der Waals surface area contributed by atoms with Crippen molar-refractivity contribution in [3.05, 3.63) is 0 Å². The molecule has 0 aliphatic heterocycles. The van der Waals surface area contributed by atoms with Crippen LogP contribution in [0.2, 0.25) is 0 Å². The number of aliphatic carboxylic acids is 2. The summed E-state index contributed by atoms with van der Waals surface area (Å²) in [6.07, 6.45) is 6.53. The van der Waals surface area contributed by atoms with Gasteiger partial charge in [-0.05, 0) is 57.5 Å². The minimum atomic E-state index is -0.716. The third-order valence-corrected chi connectivity index (χ3v) is 3.62. The molecule has 1 saturated carbocycles. The zero-order valence-electron chi connectivity index (χ0n) is 12.1. The van der Waals surface area contributed by atoms with Gasteiger partial charge in [0.25, 0.3) is 0 Å². The summed E-state index contributed by atoms with van der Waals surface area (Å²) in [5.41, 5.74) is 10.7. The van der Waals surface area contributed by atoms with Gasteiger partial charge in [0.15, 0.2) is 0 Å². The van der Waals surface area contributed by atoms with Crippen molar-refractivity contribution in [2.75, 3.05) is 13.1 Å². The molecule has 6 nitrogen and oxygen atoms in total. The molecule has 0 radical (unpaired) electrons. The van der Waals surface area contributed by atoms with Crippen LogP contribution in [-0.2, 0) is 9.59 Å². The number of hydrogen-bond acceptors (Lipinski definition) is 4. The molecule has 0 aromatic heterocycles. The predicted octanol–water partition coefficient (Wildman–Crippen LogP) is 1.43. The molecule has 6 N–H and O–H groups in total. The van der Waals surface area contributed by atoms with Crippen LogP contribution in [0.1, 0.15) is 51.4 Å². The number of carbonyl (C=O) groups is 2. The molecule has 1 aliphatic rings. The van der Waals surface area contributed by atoms with Crippen LogP contribution >= 0.6 is 0 Å². The van der Waals surface area contributed by atoms with Crippen molar-refractivity contribution in [2.24, 2.45) is 23.3 Å². The summed E-state index contributed by atoms with van der Waals surface area (Å²) in [4.78, 5) is 20.4. The molecular formula is C14H28N2O4. The second-order valence-electron chi connectivity index (χ2n) is 5.28. The van der Waals surface area contributed by atoms with E-state index in [-0.39, 0.29) is 12.3 Å². The SMILES string of the molecule is NCCCCCC(=O)O.NC[C@H]1CC[C@H](C(=O)O)CC1. The summed E-state index contributed by atoms with van der Waals surface area (Å²) in [6, 6.07) is 0. The van der Waals surface area contributed by atoms with E-state index >= 15 is 0 Å². The summed E-state index contributed by atoms with van der Waals surface area (Å²) in [5, 5.41) is 16.8. The Morgan fingerprint density at radius 1 is 0.950 bits per heavy atom. The first-order valence-corrected chi connectivity index (χ1v) is 7.36. The van der Waals surface area contributed by atoms with Crippen molar-refractivity contribution >= 4 is 11.9 Å². The van der Waals surface area contributed by atoms with Gasteiger partial charge in [-0.2, -0.15) is 0 Å². The maximum Gasteiger partial charge on any atom is 0.306 e. The molecule has 0 aromatic carbocycles. The molecule has 0 heterocycles. The standard InChI is InChI=1S/C8H15NO2.C6H13NO2/c9-5-6-1-3-7(4-2-6)8(10)11;7-5-3-1-2-4-6(8)9/h6-7H,1-5,9H2,(H,10,11);1-5,7H2,(H,8,9)/t6-,7-;. The Balaban J connectivity index is 0.000000370. The number of rotatable bonds is 7. The van der Waals surface area contributed by atoms with E-state index in [1.54, 1.807) is 0 Å². The second kappa shape index (κ2) is 11.7. The van der Waals surface area contributed by atoms with E-state index in [4.69, 9.17) is 21.7 Å². The van der Waals surface area contributed by atoms with Crippen LogP contribution in [0, 0.1) is 11.8 Å². The minimum absolute atomic E-state index is 0.0993. The van der Waals surface area contributed by atoms with E-state index in [9.17, 15) is 9.59 Å². The molecule has 0 saturated heterocycles. The van der Waals surface area contributed by atoms with Crippen LogP contribution < -0.4 is 11.5 Å². The summed E-state index contributed by atoms with van der Waals surface area (Å²) in [6.45, 7) is 1.38. The highest BCUT2D eigenvalue weighted by atomic mass is 16.4. The number of nitrogens with two attached hydrogens (primary N) is 2. The Labute approximate surface area is 120 Å². The topological polar surface area (TPSA) is 127 Å². The van der Waals surface area contributed by atoms with Crippen molar-refractivity contribution in [1.82, 2.24) is 0 Å². The van der Waals surface area contributed by atoms with E-state index < -0.39 is 11.9 Å². The van der Waals surface area contributed by atoms with Gasteiger partial charge in [-0.25, -0.2) is 0 Å². The maximum atomic E-state index is 10.5. The van der Waals surface area contributed by atoms with Gasteiger partial charge in [0.2, 0.25) is 0 Å². The van der Waals surface area contributed by atoms with Crippen LogP contribution in [0.4, 0.5) is 0 Å². The van der Waals surface area contributed by atoms with E-state index in [0.717, 1.165) is 44.9 Å². The number of hydrogen-bond donors (Lipinski definition) is 4. The highest BCUT2D eigenvalue weighted by Gasteiger charge is 2.24. The van der Waals surface area contributed by atoms with E-state index in [1.165, 1.54) is 0 Å². The lowest BCUT2D eigenvalue weighted by molar-refractivity contribution is -0.143. The van der Waals surface area contributed by atoms with Crippen LogP contribution in [0.15, 0.2) is 0 Å². The van der Waals surface area contributed by atoms with Gasteiger partial charge in [0.1, 0.15) is 0 Å². The molecule has 0 atom stereocenters. The smallest absolute Gasteiger partial charge is 0.306 e. The molecule has 0 bridgehead atoms. The zero-order valence-corrected chi connectivity index (χ0v) is 12.1. The Bertz CT molecular complexity index is 276. The zero-order chi connectivity index (χ0) is 15.4. The summed E-state index contributed by atoms with van der Waals surface area (Å²) in [5.74, 6) is -0.879. The Hall–Kier alpha value is -1.14. The average Bonchev–Trinajstić information content (AvgIpc) is 2.44. The number of unbranched alkanes of at least 4 members (excludes halogenated alkanes) is 2. The lowest BCUT2D eigenvalue weighted by Crippen LogP contribution is -2.25.